The summed E-state index contributed by atoms with van der Waals surface area (Å²) < 4.78 is 1.50. The first kappa shape index (κ1) is 19.2. The highest BCUT2D eigenvalue weighted by molar-refractivity contribution is 7.99. The summed E-state index contributed by atoms with van der Waals surface area (Å²) in [6, 6.07) is 2.23. The fourth-order valence-electron chi connectivity index (χ4n) is 3.39. The van der Waals surface area contributed by atoms with Gasteiger partial charge < -0.3 is 5.32 Å². The third-order valence-electron chi connectivity index (χ3n) is 4.99. The topological polar surface area (TPSA) is 87.8 Å². The molecule has 1 amide bonds. The Morgan fingerprint density at radius 2 is 2.14 bits per heavy atom. The molecule has 0 atom stereocenters. The largest absolute Gasteiger partial charge is 0.316 e. The molecular weight excluding hydrogens is 412 g/mol. The normalized spacial score (nSPS) is 12.9. The molecule has 4 rings (SSSR count). The van der Waals surface area contributed by atoms with Crippen molar-refractivity contribution in [3.8, 4) is 6.07 Å². The van der Waals surface area contributed by atoms with E-state index in [2.05, 4.69) is 16.4 Å². The molecule has 1 aliphatic rings. The maximum absolute atomic E-state index is 12.7. The number of hydrogen-bond acceptors (Lipinski definition) is 7. The van der Waals surface area contributed by atoms with Gasteiger partial charge in [-0.15, -0.1) is 22.7 Å². The third kappa shape index (κ3) is 3.15. The first-order chi connectivity index (χ1) is 13.4. The number of carbonyl (C=O) groups excluding carboxylic acids is 1. The Morgan fingerprint density at radius 1 is 1.36 bits per heavy atom. The molecule has 0 saturated carbocycles. The zero-order chi connectivity index (χ0) is 20.0. The van der Waals surface area contributed by atoms with Crippen LogP contribution in [0.4, 0.5) is 5.00 Å². The van der Waals surface area contributed by atoms with Crippen LogP contribution in [0.25, 0.3) is 10.2 Å². The number of nitrogens with zero attached hydrogens (tertiary/aromatic N) is 3. The third-order valence-corrected chi connectivity index (χ3v) is 8.33. The lowest BCUT2D eigenvalue weighted by Crippen LogP contribution is -2.21. The summed E-state index contributed by atoms with van der Waals surface area (Å²) in [5.74, 6) is -0.0722. The number of thioether (sulfide) groups is 1. The van der Waals surface area contributed by atoms with Crippen LogP contribution in [0.3, 0.4) is 0 Å². The smallest absolute Gasteiger partial charge is 0.262 e. The van der Waals surface area contributed by atoms with Gasteiger partial charge >= 0.3 is 0 Å². The molecule has 0 spiro atoms. The van der Waals surface area contributed by atoms with Gasteiger partial charge in [0, 0.05) is 16.8 Å². The van der Waals surface area contributed by atoms with Gasteiger partial charge in [-0.1, -0.05) is 11.8 Å². The van der Waals surface area contributed by atoms with Crippen LogP contribution in [0.5, 0.6) is 0 Å². The number of anilines is 1. The van der Waals surface area contributed by atoms with Crippen molar-refractivity contribution in [3.63, 3.8) is 0 Å². The zero-order valence-electron chi connectivity index (χ0n) is 15.7. The highest BCUT2D eigenvalue weighted by Gasteiger charge is 2.23. The van der Waals surface area contributed by atoms with Crippen LogP contribution in [0.15, 0.2) is 9.95 Å². The minimum Gasteiger partial charge on any atom is -0.316 e. The summed E-state index contributed by atoms with van der Waals surface area (Å²) in [5, 5.41) is 14.1. The second kappa shape index (κ2) is 7.35. The Morgan fingerprint density at radius 3 is 2.89 bits per heavy atom. The summed E-state index contributed by atoms with van der Waals surface area (Å²) in [7, 11) is 1.68. The van der Waals surface area contributed by atoms with Crippen molar-refractivity contribution >= 4 is 55.6 Å². The molecule has 0 fully saturated rings. The first-order valence-corrected chi connectivity index (χ1v) is 11.5. The van der Waals surface area contributed by atoms with Crippen LogP contribution < -0.4 is 10.9 Å². The maximum atomic E-state index is 12.7. The van der Waals surface area contributed by atoms with E-state index < -0.39 is 0 Å². The van der Waals surface area contributed by atoms with E-state index in [1.807, 2.05) is 13.8 Å². The molecule has 9 heteroatoms. The van der Waals surface area contributed by atoms with E-state index in [0.717, 1.165) is 35.3 Å². The monoisotopic (exact) mass is 430 g/mol. The van der Waals surface area contributed by atoms with Gasteiger partial charge in [0.25, 0.3) is 5.56 Å². The Kier molecular flexibility index (Phi) is 5.04. The minimum absolute atomic E-state index is 0.0868. The van der Waals surface area contributed by atoms with E-state index in [1.165, 1.54) is 43.9 Å². The van der Waals surface area contributed by atoms with E-state index >= 15 is 0 Å². The molecule has 28 heavy (non-hydrogen) atoms. The van der Waals surface area contributed by atoms with Gasteiger partial charge in [-0.3, -0.25) is 14.2 Å². The highest BCUT2D eigenvalue weighted by Crippen LogP contribution is 2.38. The highest BCUT2D eigenvalue weighted by atomic mass is 32.2. The van der Waals surface area contributed by atoms with E-state index in [1.54, 1.807) is 7.05 Å². The maximum Gasteiger partial charge on any atom is 0.262 e. The van der Waals surface area contributed by atoms with Gasteiger partial charge in [0.2, 0.25) is 5.91 Å². The van der Waals surface area contributed by atoms with Crippen molar-refractivity contribution in [1.29, 1.82) is 5.26 Å². The molecule has 1 N–H and O–H groups in total. The Labute approximate surface area is 174 Å². The Bertz CT molecular complexity index is 1210. The number of rotatable bonds is 4. The number of fused-ring (bicyclic) bond motifs is 2. The standard InChI is InChI=1S/C19H18N4O2S3/c1-9-10(2)27-17-15(9)18(25)23(3)19(22-17)26-8-14(24)21-16-12(7-20)11-5-4-6-13(11)28-16/h4-6,8H2,1-3H3,(H,21,24). The molecule has 0 bridgehead atoms. The fraction of sp³-hybridized carbons (Fsp3) is 0.368. The number of aromatic nitrogens is 2. The quantitative estimate of drug-likeness (QED) is 0.503. The van der Waals surface area contributed by atoms with Gasteiger partial charge in [0.1, 0.15) is 15.9 Å². The SMILES string of the molecule is Cc1sc2nc(SCC(=O)Nc3sc4c(c3C#N)CCC4)n(C)c(=O)c2c1C. The number of hydrogen-bond donors (Lipinski definition) is 1. The molecule has 0 unspecified atom stereocenters. The van der Waals surface area contributed by atoms with Crippen molar-refractivity contribution in [3.05, 3.63) is 36.8 Å². The van der Waals surface area contributed by atoms with Gasteiger partial charge in [-0.2, -0.15) is 5.26 Å². The fourth-order valence-corrected chi connectivity index (χ4v) is 6.49. The zero-order valence-corrected chi connectivity index (χ0v) is 18.2. The van der Waals surface area contributed by atoms with Crippen molar-refractivity contribution < 1.29 is 4.79 Å². The predicted molar refractivity (Wildman–Crippen MR) is 115 cm³/mol. The first-order valence-electron chi connectivity index (χ1n) is 8.84. The van der Waals surface area contributed by atoms with Crippen LogP contribution in [0.2, 0.25) is 0 Å². The van der Waals surface area contributed by atoms with Gasteiger partial charge in [0.05, 0.1) is 16.7 Å². The van der Waals surface area contributed by atoms with Gasteiger partial charge in [-0.05, 0) is 44.2 Å². The number of nitriles is 1. The number of carbonyl (C=O) groups is 1. The average Bonchev–Trinajstić information content (AvgIpc) is 3.31. The molecule has 144 valence electrons. The summed E-state index contributed by atoms with van der Waals surface area (Å²) in [4.78, 5) is 32.7. The molecule has 3 aromatic rings. The van der Waals surface area contributed by atoms with Gasteiger partial charge in [-0.25, -0.2) is 4.98 Å². The Hall–Kier alpha value is -2.15. The molecule has 3 aromatic heterocycles. The molecular formula is C19H18N4O2S3. The van der Waals surface area contributed by atoms with Crippen molar-refractivity contribution in [1.82, 2.24) is 9.55 Å². The molecule has 0 aromatic carbocycles. The lowest BCUT2D eigenvalue weighted by molar-refractivity contribution is -0.113. The number of nitrogens with one attached hydrogen (secondary N) is 1. The second-order valence-corrected chi connectivity index (χ2v) is 9.98. The second-order valence-electron chi connectivity index (χ2n) is 6.73. The van der Waals surface area contributed by atoms with Crippen LogP contribution in [-0.2, 0) is 24.7 Å². The lowest BCUT2D eigenvalue weighted by Gasteiger charge is -2.08. The van der Waals surface area contributed by atoms with Crippen LogP contribution in [-0.4, -0.2) is 21.2 Å². The Balaban J connectivity index is 1.52. The van der Waals surface area contributed by atoms with Crippen LogP contribution in [0, 0.1) is 25.2 Å². The van der Waals surface area contributed by atoms with Gasteiger partial charge in [0.15, 0.2) is 5.16 Å². The summed E-state index contributed by atoms with van der Waals surface area (Å²) in [5.41, 5.74) is 2.58. The predicted octanol–water partition coefficient (Wildman–Crippen LogP) is 3.76. The summed E-state index contributed by atoms with van der Waals surface area (Å²) in [6.45, 7) is 3.91. The van der Waals surface area contributed by atoms with Crippen molar-refractivity contribution in [2.45, 2.75) is 38.3 Å². The number of amides is 1. The minimum atomic E-state index is -0.200. The van der Waals surface area contributed by atoms with Crippen LogP contribution in [0.1, 0.15) is 32.9 Å². The van der Waals surface area contributed by atoms with E-state index in [4.69, 9.17) is 0 Å². The molecule has 1 aliphatic carbocycles. The number of thiophene rings is 2. The lowest BCUT2D eigenvalue weighted by atomic mass is 10.1. The molecule has 0 radical (unpaired) electrons. The van der Waals surface area contributed by atoms with E-state index in [0.29, 0.717) is 25.9 Å². The molecule has 3 heterocycles. The summed E-state index contributed by atoms with van der Waals surface area (Å²) in [6.07, 6.45) is 2.96. The van der Waals surface area contributed by atoms with E-state index in [-0.39, 0.29) is 17.2 Å². The van der Waals surface area contributed by atoms with Crippen molar-refractivity contribution in [2.75, 3.05) is 11.1 Å². The average molecular weight is 431 g/mol. The van der Waals surface area contributed by atoms with E-state index in [9.17, 15) is 14.9 Å². The number of aryl methyl sites for hydroxylation is 3. The molecule has 0 aliphatic heterocycles. The molecule has 6 nitrogen and oxygen atoms in total. The van der Waals surface area contributed by atoms with Crippen LogP contribution >= 0.6 is 34.4 Å². The summed E-state index contributed by atoms with van der Waals surface area (Å²) >= 11 is 4.23. The molecule has 0 saturated heterocycles. The van der Waals surface area contributed by atoms with Crippen molar-refractivity contribution in [2.24, 2.45) is 7.05 Å².